The number of aldehydes is 1. The minimum Gasteiger partial charge on any atom is -0.444 e. The van der Waals surface area contributed by atoms with Gasteiger partial charge in [0.25, 0.3) is 0 Å². The van der Waals surface area contributed by atoms with Gasteiger partial charge in [-0.15, -0.1) is 0 Å². The van der Waals surface area contributed by atoms with Crippen molar-refractivity contribution in [1.29, 1.82) is 5.41 Å². The van der Waals surface area contributed by atoms with Gasteiger partial charge in [0.1, 0.15) is 17.9 Å². The SMILES string of the molecule is CN(CCc1ccc(CCCC=O)cc1)C(=O)C(CCCCNCC=N)NC(=O)OC(C)(C)C. The number of hydrogen-bond donors (Lipinski definition) is 3. The Morgan fingerprint density at radius 3 is 2.32 bits per heavy atom. The summed E-state index contributed by atoms with van der Waals surface area (Å²) >= 11 is 0. The zero-order valence-corrected chi connectivity index (χ0v) is 21.2. The predicted molar refractivity (Wildman–Crippen MR) is 135 cm³/mol. The standard InChI is InChI=1S/C26H42N4O4/c1-26(2,3)34-25(33)29-23(10-5-7-17-28-18-16-27)24(32)30(4)19-15-22-13-11-21(12-14-22)9-6-8-20-31/h11-14,16,20,23,27-28H,5-10,15,17-19H2,1-4H3,(H,29,33). The Labute approximate surface area is 204 Å². The number of aryl methyl sites for hydroxylation is 1. The first-order valence-corrected chi connectivity index (χ1v) is 12.1. The van der Waals surface area contributed by atoms with Crippen molar-refractivity contribution in [1.82, 2.24) is 15.5 Å². The Kier molecular flexibility index (Phi) is 13.8. The molecule has 1 aromatic rings. The number of amides is 2. The Morgan fingerprint density at radius 1 is 1.09 bits per heavy atom. The summed E-state index contributed by atoms with van der Waals surface area (Å²) in [6.45, 7) is 7.19. The van der Waals surface area contributed by atoms with E-state index in [1.165, 1.54) is 11.8 Å². The largest absolute Gasteiger partial charge is 0.444 e. The minimum atomic E-state index is -0.650. The van der Waals surface area contributed by atoms with Crippen LogP contribution in [0, 0.1) is 5.41 Å². The third-order valence-corrected chi connectivity index (χ3v) is 5.25. The average Bonchev–Trinajstić information content (AvgIpc) is 2.78. The molecule has 1 rings (SSSR count). The van der Waals surface area contributed by atoms with Gasteiger partial charge >= 0.3 is 6.09 Å². The van der Waals surface area contributed by atoms with Crippen molar-refractivity contribution in [2.24, 2.45) is 0 Å². The number of carbonyl (C=O) groups is 3. The van der Waals surface area contributed by atoms with Crippen LogP contribution in [0.25, 0.3) is 0 Å². The molecule has 8 heteroatoms. The molecule has 0 saturated carbocycles. The highest BCUT2D eigenvalue weighted by Crippen LogP contribution is 2.11. The first-order chi connectivity index (χ1) is 16.2. The first-order valence-electron chi connectivity index (χ1n) is 12.1. The van der Waals surface area contributed by atoms with E-state index < -0.39 is 17.7 Å². The summed E-state index contributed by atoms with van der Waals surface area (Å²) in [6.07, 6.45) is 6.81. The fourth-order valence-corrected chi connectivity index (χ4v) is 3.42. The van der Waals surface area contributed by atoms with Gasteiger partial charge in [0, 0.05) is 32.8 Å². The van der Waals surface area contributed by atoms with Crippen molar-refractivity contribution in [3.63, 3.8) is 0 Å². The highest BCUT2D eigenvalue weighted by molar-refractivity contribution is 5.85. The van der Waals surface area contributed by atoms with Gasteiger partial charge in [0.2, 0.25) is 5.91 Å². The van der Waals surface area contributed by atoms with Gasteiger partial charge < -0.3 is 30.5 Å². The van der Waals surface area contributed by atoms with Crippen LogP contribution in [0.1, 0.15) is 64.0 Å². The van der Waals surface area contributed by atoms with Crippen LogP contribution in [0.15, 0.2) is 24.3 Å². The second kappa shape index (κ2) is 16.0. The Hall–Kier alpha value is -2.74. The number of nitrogens with one attached hydrogen (secondary N) is 3. The first kappa shape index (κ1) is 29.3. The third kappa shape index (κ3) is 13.1. The number of unbranched alkanes of at least 4 members (excludes halogenated alkanes) is 2. The van der Waals surface area contributed by atoms with Gasteiger partial charge in [-0.05, 0) is 77.0 Å². The molecule has 34 heavy (non-hydrogen) atoms. The van der Waals surface area contributed by atoms with Gasteiger partial charge in [-0.2, -0.15) is 0 Å². The number of benzene rings is 1. The molecule has 1 atom stereocenters. The van der Waals surface area contributed by atoms with Crippen LogP contribution >= 0.6 is 0 Å². The van der Waals surface area contributed by atoms with E-state index in [1.807, 2.05) is 0 Å². The number of ether oxygens (including phenoxy) is 1. The van der Waals surface area contributed by atoms with Gasteiger partial charge in [0.05, 0.1) is 0 Å². The molecule has 0 saturated heterocycles. The van der Waals surface area contributed by atoms with Crippen molar-refractivity contribution in [3.05, 3.63) is 35.4 Å². The quantitative estimate of drug-likeness (QED) is 0.193. The molecule has 0 aromatic heterocycles. The summed E-state index contributed by atoms with van der Waals surface area (Å²) in [5.41, 5.74) is 1.69. The molecule has 1 aromatic carbocycles. The Balaban J connectivity index is 2.63. The van der Waals surface area contributed by atoms with Gasteiger partial charge in [0.15, 0.2) is 0 Å². The topological polar surface area (TPSA) is 112 Å². The summed E-state index contributed by atoms with van der Waals surface area (Å²) in [6, 6.07) is 7.61. The van der Waals surface area contributed by atoms with E-state index in [-0.39, 0.29) is 5.91 Å². The van der Waals surface area contributed by atoms with E-state index in [1.54, 1.807) is 32.7 Å². The van der Waals surface area contributed by atoms with Crippen LogP contribution < -0.4 is 10.6 Å². The molecule has 0 aliphatic carbocycles. The normalized spacial score (nSPS) is 12.0. The highest BCUT2D eigenvalue weighted by atomic mass is 16.6. The van der Waals surface area contributed by atoms with E-state index in [9.17, 15) is 14.4 Å². The van der Waals surface area contributed by atoms with Crippen LogP contribution in [-0.2, 0) is 27.2 Å². The molecule has 0 aliphatic heterocycles. The number of carbonyl (C=O) groups excluding carboxylic acids is 3. The second-order valence-electron chi connectivity index (χ2n) is 9.49. The smallest absolute Gasteiger partial charge is 0.408 e. The van der Waals surface area contributed by atoms with Crippen LogP contribution in [0.4, 0.5) is 4.79 Å². The highest BCUT2D eigenvalue weighted by Gasteiger charge is 2.26. The van der Waals surface area contributed by atoms with E-state index in [2.05, 4.69) is 34.9 Å². The fourth-order valence-electron chi connectivity index (χ4n) is 3.42. The molecule has 3 N–H and O–H groups in total. The number of likely N-dealkylation sites (N-methyl/N-ethyl adjacent to an activating group) is 1. The van der Waals surface area contributed by atoms with Crippen molar-refractivity contribution in [2.75, 3.05) is 26.7 Å². The van der Waals surface area contributed by atoms with Crippen molar-refractivity contribution >= 4 is 24.5 Å². The summed E-state index contributed by atoms with van der Waals surface area (Å²) in [7, 11) is 1.76. The minimum absolute atomic E-state index is 0.135. The molecule has 1 unspecified atom stereocenters. The molecule has 0 spiro atoms. The maximum absolute atomic E-state index is 13.1. The number of nitrogens with zero attached hydrogens (tertiary/aromatic N) is 1. The molecule has 8 nitrogen and oxygen atoms in total. The summed E-state index contributed by atoms with van der Waals surface area (Å²) in [5.74, 6) is -0.135. The monoisotopic (exact) mass is 474 g/mol. The second-order valence-corrected chi connectivity index (χ2v) is 9.49. The van der Waals surface area contributed by atoms with Crippen molar-refractivity contribution in [3.8, 4) is 0 Å². The summed E-state index contributed by atoms with van der Waals surface area (Å²) < 4.78 is 5.36. The predicted octanol–water partition coefficient (Wildman–Crippen LogP) is 3.51. The lowest BCUT2D eigenvalue weighted by Crippen LogP contribution is -2.49. The third-order valence-electron chi connectivity index (χ3n) is 5.25. The molecule has 190 valence electrons. The molecular weight excluding hydrogens is 432 g/mol. The molecule has 0 bridgehead atoms. The van der Waals surface area contributed by atoms with Crippen LogP contribution in [0.3, 0.4) is 0 Å². The number of rotatable bonds is 16. The van der Waals surface area contributed by atoms with E-state index >= 15 is 0 Å². The fraction of sp³-hybridized carbons (Fsp3) is 0.615. The number of hydrogen-bond acceptors (Lipinski definition) is 6. The van der Waals surface area contributed by atoms with Gasteiger partial charge in [-0.25, -0.2) is 4.79 Å². The van der Waals surface area contributed by atoms with Crippen molar-refractivity contribution in [2.45, 2.75) is 77.4 Å². The lowest BCUT2D eigenvalue weighted by Gasteiger charge is -2.26. The van der Waals surface area contributed by atoms with Crippen LogP contribution in [0.5, 0.6) is 0 Å². The van der Waals surface area contributed by atoms with Gasteiger partial charge in [-0.3, -0.25) is 4.79 Å². The molecule has 0 radical (unpaired) electrons. The Bertz CT molecular complexity index is 759. The maximum Gasteiger partial charge on any atom is 0.408 e. The van der Waals surface area contributed by atoms with E-state index in [0.29, 0.717) is 32.4 Å². The summed E-state index contributed by atoms with van der Waals surface area (Å²) in [5, 5.41) is 12.9. The van der Waals surface area contributed by atoms with E-state index in [4.69, 9.17) is 10.1 Å². The molecule has 0 heterocycles. The lowest BCUT2D eigenvalue weighted by atomic mass is 10.0. The van der Waals surface area contributed by atoms with Gasteiger partial charge in [-0.1, -0.05) is 24.3 Å². The summed E-state index contributed by atoms with van der Waals surface area (Å²) in [4.78, 5) is 37.5. The Morgan fingerprint density at radius 2 is 1.74 bits per heavy atom. The van der Waals surface area contributed by atoms with Crippen molar-refractivity contribution < 1.29 is 19.1 Å². The van der Waals surface area contributed by atoms with Crippen LogP contribution in [-0.4, -0.2) is 67.7 Å². The lowest BCUT2D eigenvalue weighted by molar-refractivity contribution is -0.132. The zero-order chi connectivity index (χ0) is 25.4. The molecule has 2 amide bonds. The average molecular weight is 475 g/mol. The van der Waals surface area contributed by atoms with Crippen LogP contribution in [0.2, 0.25) is 0 Å². The zero-order valence-electron chi connectivity index (χ0n) is 21.2. The molecular formula is C26H42N4O4. The molecule has 0 aliphatic rings. The molecule has 0 fully saturated rings. The maximum atomic E-state index is 13.1. The van der Waals surface area contributed by atoms with E-state index in [0.717, 1.165) is 44.1 Å². The number of alkyl carbamates (subject to hydrolysis) is 1.